The third-order valence-corrected chi connectivity index (χ3v) is 2.46. The van der Waals surface area contributed by atoms with Gasteiger partial charge in [-0.25, -0.2) is 9.18 Å². The summed E-state index contributed by atoms with van der Waals surface area (Å²) in [5.41, 5.74) is 0.380. The lowest BCUT2D eigenvalue weighted by molar-refractivity contribution is -0.173. The number of methoxy groups -OCH3 is 1. The van der Waals surface area contributed by atoms with Gasteiger partial charge < -0.3 is 14.8 Å². The van der Waals surface area contributed by atoms with Crippen molar-refractivity contribution in [1.82, 2.24) is 5.32 Å². The molecular weight excluding hydrogens is 294 g/mol. The van der Waals surface area contributed by atoms with E-state index < -0.39 is 24.6 Å². The molecule has 0 aliphatic rings. The predicted octanol–water partition coefficient (Wildman–Crippen LogP) is 2.28. The molecular formula is C13H15F4NO3. The van der Waals surface area contributed by atoms with Crippen molar-refractivity contribution in [3.63, 3.8) is 0 Å². The molecule has 21 heavy (non-hydrogen) atoms. The van der Waals surface area contributed by atoms with E-state index in [1.165, 1.54) is 12.1 Å². The zero-order valence-corrected chi connectivity index (χ0v) is 11.3. The first-order valence-corrected chi connectivity index (χ1v) is 6.05. The number of rotatable bonds is 7. The van der Waals surface area contributed by atoms with Crippen LogP contribution in [-0.2, 0) is 16.0 Å². The van der Waals surface area contributed by atoms with Gasteiger partial charge in [0.05, 0.1) is 19.3 Å². The summed E-state index contributed by atoms with van der Waals surface area (Å²) in [6.45, 7) is -0.969. The summed E-state index contributed by atoms with van der Waals surface area (Å²) >= 11 is 0. The molecule has 0 atom stereocenters. The van der Waals surface area contributed by atoms with E-state index in [4.69, 9.17) is 0 Å². The fourth-order valence-electron chi connectivity index (χ4n) is 1.51. The fourth-order valence-corrected chi connectivity index (χ4v) is 1.51. The molecule has 0 saturated heterocycles. The van der Waals surface area contributed by atoms with Gasteiger partial charge in [0.15, 0.2) is 0 Å². The second-order valence-corrected chi connectivity index (χ2v) is 4.15. The highest BCUT2D eigenvalue weighted by molar-refractivity contribution is 5.89. The number of alkyl halides is 3. The SMILES string of the molecule is COC(=O)c1ccc(CNCCOCC(F)(F)F)cc1F. The normalized spacial score (nSPS) is 11.5. The molecule has 0 radical (unpaired) electrons. The lowest BCUT2D eigenvalue weighted by Gasteiger charge is -2.09. The van der Waals surface area contributed by atoms with Crippen LogP contribution in [0.4, 0.5) is 17.6 Å². The fraction of sp³-hybridized carbons (Fsp3) is 0.462. The zero-order valence-electron chi connectivity index (χ0n) is 11.3. The summed E-state index contributed by atoms with van der Waals surface area (Å²) in [6.07, 6.45) is -4.34. The van der Waals surface area contributed by atoms with E-state index in [0.29, 0.717) is 5.56 Å². The van der Waals surface area contributed by atoms with Crippen molar-refractivity contribution in [3.8, 4) is 0 Å². The van der Waals surface area contributed by atoms with E-state index in [2.05, 4.69) is 14.8 Å². The smallest absolute Gasteiger partial charge is 0.411 e. The number of nitrogens with one attached hydrogen (secondary N) is 1. The number of ether oxygens (including phenoxy) is 2. The van der Waals surface area contributed by atoms with Gasteiger partial charge in [0.1, 0.15) is 12.4 Å². The molecule has 0 heterocycles. The first kappa shape index (κ1) is 17.4. The van der Waals surface area contributed by atoms with Crippen LogP contribution in [0.1, 0.15) is 15.9 Å². The summed E-state index contributed by atoms with van der Waals surface area (Å²) in [6, 6.07) is 3.98. The molecule has 0 bridgehead atoms. The molecule has 1 N–H and O–H groups in total. The first-order chi connectivity index (χ1) is 9.83. The van der Waals surface area contributed by atoms with E-state index in [9.17, 15) is 22.4 Å². The number of benzene rings is 1. The Hall–Kier alpha value is -1.67. The summed E-state index contributed by atoms with van der Waals surface area (Å²) < 4.78 is 57.7. The Balaban J connectivity index is 2.33. The first-order valence-electron chi connectivity index (χ1n) is 6.05. The second-order valence-electron chi connectivity index (χ2n) is 4.15. The van der Waals surface area contributed by atoms with Crippen molar-refractivity contribution >= 4 is 5.97 Å². The highest BCUT2D eigenvalue weighted by Gasteiger charge is 2.27. The van der Waals surface area contributed by atoms with Crippen LogP contribution in [-0.4, -0.2) is 39.0 Å². The lowest BCUT2D eigenvalue weighted by Crippen LogP contribution is -2.23. The van der Waals surface area contributed by atoms with Gasteiger partial charge in [0.25, 0.3) is 0 Å². The van der Waals surface area contributed by atoms with Gasteiger partial charge in [-0.3, -0.25) is 0 Å². The maximum Gasteiger partial charge on any atom is 0.411 e. The Morgan fingerprint density at radius 2 is 2.05 bits per heavy atom. The van der Waals surface area contributed by atoms with E-state index in [0.717, 1.165) is 13.2 Å². The minimum atomic E-state index is -4.34. The maximum absolute atomic E-state index is 13.6. The van der Waals surface area contributed by atoms with E-state index in [1.54, 1.807) is 0 Å². The second kappa shape index (κ2) is 7.94. The number of carbonyl (C=O) groups excluding carboxylic acids is 1. The van der Waals surface area contributed by atoms with E-state index in [1.807, 2.05) is 0 Å². The summed E-state index contributed by atoms with van der Waals surface area (Å²) in [4.78, 5) is 11.2. The number of halogens is 4. The zero-order chi connectivity index (χ0) is 15.9. The number of carbonyl (C=O) groups is 1. The number of esters is 1. The van der Waals surface area contributed by atoms with Gasteiger partial charge in [0, 0.05) is 13.1 Å². The predicted molar refractivity (Wildman–Crippen MR) is 66.3 cm³/mol. The monoisotopic (exact) mass is 309 g/mol. The molecule has 1 rings (SSSR count). The van der Waals surface area contributed by atoms with Crippen LogP contribution in [0.5, 0.6) is 0 Å². The van der Waals surface area contributed by atoms with Crippen LogP contribution < -0.4 is 5.32 Å². The van der Waals surface area contributed by atoms with Crippen molar-refractivity contribution in [2.75, 3.05) is 26.9 Å². The van der Waals surface area contributed by atoms with Gasteiger partial charge in [-0.15, -0.1) is 0 Å². The van der Waals surface area contributed by atoms with Crippen LogP contribution in [0.15, 0.2) is 18.2 Å². The molecule has 0 unspecified atom stereocenters. The quantitative estimate of drug-likeness (QED) is 0.477. The van der Waals surface area contributed by atoms with Gasteiger partial charge in [-0.1, -0.05) is 6.07 Å². The standard InChI is InChI=1S/C13H15F4NO3/c1-20-12(19)10-3-2-9(6-11(10)14)7-18-4-5-21-8-13(15,16)17/h2-3,6,18H,4-5,7-8H2,1H3. The Labute approximate surface area is 119 Å². The van der Waals surface area contributed by atoms with Crippen molar-refractivity contribution in [2.45, 2.75) is 12.7 Å². The Morgan fingerprint density at radius 3 is 2.62 bits per heavy atom. The van der Waals surface area contributed by atoms with Crippen molar-refractivity contribution < 1.29 is 31.8 Å². The molecule has 0 saturated carbocycles. The van der Waals surface area contributed by atoms with Crippen molar-refractivity contribution in [1.29, 1.82) is 0 Å². The minimum absolute atomic E-state index is 0.109. The minimum Gasteiger partial charge on any atom is -0.465 e. The highest BCUT2D eigenvalue weighted by atomic mass is 19.4. The third-order valence-electron chi connectivity index (χ3n) is 2.46. The molecule has 0 aliphatic heterocycles. The highest BCUT2D eigenvalue weighted by Crippen LogP contribution is 2.14. The molecule has 118 valence electrons. The summed E-state index contributed by atoms with van der Waals surface area (Å²) in [7, 11) is 1.15. The lowest BCUT2D eigenvalue weighted by atomic mass is 10.1. The number of hydrogen-bond acceptors (Lipinski definition) is 4. The molecule has 0 amide bonds. The van der Waals surface area contributed by atoms with Gasteiger partial charge in [0.2, 0.25) is 0 Å². The molecule has 4 nitrogen and oxygen atoms in total. The molecule has 8 heteroatoms. The average molecular weight is 309 g/mol. The van der Waals surface area contributed by atoms with Crippen molar-refractivity contribution in [3.05, 3.63) is 35.1 Å². The summed E-state index contributed by atoms with van der Waals surface area (Å²) in [5, 5.41) is 2.80. The molecule has 1 aromatic carbocycles. The Morgan fingerprint density at radius 1 is 1.33 bits per heavy atom. The van der Waals surface area contributed by atoms with Gasteiger partial charge in [-0.05, 0) is 17.7 Å². The van der Waals surface area contributed by atoms with Crippen LogP contribution >= 0.6 is 0 Å². The number of hydrogen-bond donors (Lipinski definition) is 1. The Bertz CT molecular complexity index is 477. The van der Waals surface area contributed by atoms with E-state index >= 15 is 0 Å². The van der Waals surface area contributed by atoms with E-state index in [-0.39, 0.29) is 25.3 Å². The van der Waals surface area contributed by atoms with Crippen LogP contribution in [0, 0.1) is 5.82 Å². The Kier molecular flexibility index (Phi) is 6.57. The summed E-state index contributed by atoms with van der Waals surface area (Å²) in [5.74, 6) is -1.48. The molecule has 0 aliphatic carbocycles. The third kappa shape index (κ3) is 6.54. The largest absolute Gasteiger partial charge is 0.465 e. The van der Waals surface area contributed by atoms with Crippen LogP contribution in [0.2, 0.25) is 0 Å². The average Bonchev–Trinajstić information content (AvgIpc) is 2.41. The maximum atomic E-state index is 13.6. The van der Waals surface area contributed by atoms with Crippen LogP contribution in [0.25, 0.3) is 0 Å². The molecule has 0 spiro atoms. The van der Waals surface area contributed by atoms with Crippen LogP contribution in [0.3, 0.4) is 0 Å². The topological polar surface area (TPSA) is 47.6 Å². The molecule has 0 aromatic heterocycles. The van der Waals surface area contributed by atoms with Crippen molar-refractivity contribution in [2.24, 2.45) is 0 Å². The van der Waals surface area contributed by atoms with Gasteiger partial charge in [-0.2, -0.15) is 13.2 Å². The molecule has 0 fully saturated rings. The molecule has 1 aromatic rings. The van der Waals surface area contributed by atoms with Gasteiger partial charge >= 0.3 is 12.1 Å².